The van der Waals surface area contributed by atoms with Gasteiger partial charge in [0.1, 0.15) is 17.3 Å². The third kappa shape index (κ3) is 6.19. The van der Waals surface area contributed by atoms with Crippen LogP contribution < -0.4 is 4.74 Å². The van der Waals surface area contributed by atoms with Gasteiger partial charge in [-0.15, -0.1) is 0 Å². The lowest BCUT2D eigenvalue weighted by Crippen LogP contribution is -2.09. The third-order valence-electron chi connectivity index (χ3n) is 5.66. The number of aryl methyl sites for hydroxylation is 1. The number of unbranched alkanes of at least 4 members (excludes halogenated alkanes) is 1. The first-order valence-corrected chi connectivity index (χ1v) is 12.0. The van der Waals surface area contributed by atoms with Crippen LogP contribution in [0.4, 0.5) is 0 Å². The van der Waals surface area contributed by atoms with Crippen molar-refractivity contribution in [1.82, 2.24) is 9.55 Å². The summed E-state index contributed by atoms with van der Waals surface area (Å²) >= 11 is 6.43. The lowest BCUT2D eigenvalue weighted by Gasteiger charge is -2.13. The van der Waals surface area contributed by atoms with Crippen LogP contribution in [0.25, 0.3) is 11.6 Å². The van der Waals surface area contributed by atoms with Crippen LogP contribution in [0.15, 0.2) is 85.1 Å². The SMILES string of the molecule is CCCCc1ncc(/C=C(/C(=O)O)c2cccc(Oc3ccccc3)c2)n1Cc1ccccc1Cl. The molecular weight excluding hydrogens is 460 g/mol. The molecule has 0 spiro atoms. The number of para-hydroxylation sites is 1. The number of benzene rings is 3. The molecule has 3 aromatic carbocycles. The van der Waals surface area contributed by atoms with Gasteiger partial charge in [-0.2, -0.15) is 0 Å². The van der Waals surface area contributed by atoms with E-state index in [2.05, 4.69) is 11.9 Å². The van der Waals surface area contributed by atoms with Gasteiger partial charge >= 0.3 is 5.97 Å². The highest BCUT2D eigenvalue weighted by Gasteiger charge is 2.16. The standard InChI is InChI=1S/C29H27ClN2O3/c1-2-3-16-28-31-19-23(32(28)20-22-10-7-8-15-27(22)30)18-26(29(33)34)21-11-9-14-25(17-21)35-24-12-5-4-6-13-24/h4-15,17-19H,2-3,16,20H2,1H3,(H,33,34)/b26-18+. The van der Waals surface area contributed by atoms with Crippen LogP contribution in [0.2, 0.25) is 5.02 Å². The second-order valence-corrected chi connectivity index (χ2v) is 8.59. The van der Waals surface area contributed by atoms with Crippen molar-refractivity contribution in [1.29, 1.82) is 0 Å². The van der Waals surface area contributed by atoms with Crippen molar-refractivity contribution in [2.24, 2.45) is 0 Å². The lowest BCUT2D eigenvalue weighted by molar-refractivity contribution is -0.130. The Balaban J connectivity index is 1.72. The predicted molar refractivity (Wildman–Crippen MR) is 140 cm³/mol. The monoisotopic (exact) mass is 486 g/mol. The zero-order valence-corrected chi connectivity index (χ0v) is 20.3. The van der Waals surface area contributed by atoms with E-state index in [0.29, 0.717) is 34.3 Å². The van der Waals surface area contributed by atoms with E-state index in [1.54, 1.807) is 36.5 Å². The maximum Gasteiger partial charge on any atom is 0.336 e. The highest BCUT2D eigenvalue weighted by molar-refractivity contribution is 6.31. The fourth-order valence-electron chi connectivity index (χ4n) is 3.83. The first-order chi connectivity index (χ1) is 17.0. The molecule has 35 heavy (non-hydrogen) atoms. The largest absolute Gasteiger partial charge is 0.478 e. The number of aliphatic carboxylic acids is 1. The lowest BCUT2D eigenvalue weighted by atomic mass is 10.0. The van der Waals surface area contributed by atoms with Crippen LogP contribution in [-0.2, 0) is 17.8 Å². The van der Waals surface area contributed by atoms with Crippen molar-refractivity contribution in [3.8, 4) is 11.5 Å². The molecule has 4 aromatic rings. The highest BCUT2D eigenvalue weighted by atomic mass is 35.5. The van der Waals surface area contributed by atoms with E-state index in [1.165, 1.54) is 0 Å². The number of carboxylic acid groups (broad SMARTS) is 1. The molecule has 0 fully saturated rings. The zero-order valence-electron chi connectivity index (χ0n) is 19.5. The minimum atomic E-state index is -1.03. The number of nitrogens with zero attached hydrogens (tertiary/aromatic N) is 2. The van der Waals surface area contributed by atoms with Crippen LogP contribution >= 0.6 is 11.6 Å². The summed E-state index contributed by atoms with van der Waals surface area (Å²) in [7, 11) is 0. The molecule has 0 aliphatic rings. The van der Waals surface area contributed by atoms with Crippen molar-refractivity contribution >= 4 is 29.2 Å². The Morgan fingerprint density at radius 2 is 1.77 bits per heavy atom. The summed E-state index contributed by atoms with van der Waals surface area (Å²) in [5.74, 6) is 1.13. The van der Waals surface area contributed by atoms with Gasteiger partial charge in [0.15, 0.2) is 0 Å². The molecular formula is C29H27ClN2O3. The molecule has 1 N–H and O–H groups in total. The molecule has 0 saturated carbocycles. The van der Waals surface area contributed by atoms with Gasteiger partial charge in [0.05, 0.1) is 24.0 Å². The first kappa shape index (κ1) is 24.3. The van der Waals surface area contributed by atoms with Gasteiger partial charge < -0.3 is 14.4 Å². The molecule has 0 aliphatic heterocycles. The summed E-state index contributed by atoms with van der Waals surface area (Å²) in [4.78, 5) is 16.9. The normalized spacial score (nSPS) is 11.4. The molecule has 178 valence electrons. The van der Waals surface area contributed by atoms with E-state index in [4.69, 9.17) is 16.3 Å². The Bertz CT molecular complexity index is 1330. The van der Waals surface area contributed by atoms with Crippen molar-refractivity contribution in [3.63, 3.8) is 0 Å². The molecule has 0 radical (unpaired) electrons. The molecule has 6 heteroatoms. The van der Waals surface area contributed by atoms with E-state index in [-0.39, 0.29) is 5.57 Å². The summed E-state index contributed by atoms with van der Waals surface area (Å²) in [5, 5.41) is 10.8. The molecule has 0 atom stereocenters. The van der Waals surface area contributed by atoms with Crippen molar-refractivity contribution in [2.75, 3.05) is 0 Å². The number of carboxylic acids is 1. The maximum atomic E-state index is 12.3. The van der Waals surface area contributed by atoms with Crippen LogP contribution in [0.1, 0.15) is 42.4 Å². The summed E-state index contributed by atoms with van der Waals surface area (Å²) in [6, 6.07) is 24.2. The van der Waals surface area contributed by atoms with Gasteiger partial charge in [-0.05, 0) is 54.0 Å². The van der Waals surface area contributed by atoms with Crippen LogP contribution in [-0.4, -0.2) is 20.6 Å². The van der Waals surface area contributed by atoms with E-state index >= 15 is 0 Å². The number of hydrogen-bond acceptors (Lipinski definition) is 3. The molecule has 1 heterocycles. The minimum absolute atomic E-state index is 0.158. The molecule has 0 saturated heterocycles. The number of aromatic nitrogens is 2. The smallest absolute Gasteiger partial charge is 0.336 e. The third-order valence-corrected chi connectivity index (χ3v) is 6.02. The van der Waals surface area contributed by atoms with Gasteiger partial charge in [-0.25, -0.2) is 9.78 Å². The maximum absolute atomic E-state index is 12.3. The van der Waals surface area contributed by atoms with Gasteiger partial charge in [0.25, 0.3) is 0 Å². The Morgan fingerprint density at radius 3 is 2.51 bits per heavy atom. The molecule has 5 nitrogen and oxygen atoms in total. The zero-order chi connectivity index (χ0) is 24.6. The highest BCUT2D eigenvalue weighted by Crippen LogP contribution is 2.27. The van der Waals surface area contributed by atoms with Crippen LogP contribution in [0.5, 0.6) is 11.5 Å². The summed E-state index contributed by atoms with van der Waals surface area (Å²) in [6.07, 6.45) is 6.24. The number of rotatable bonds is 10. The quantitative estimate of drug-likeness (QED) is 0.238. The Hall–Kier alpha value is -3.83. The fraction of sp³-hybridized carbons (Fsp3) is 0.172. The summed E-state index contributed by atoms with van der Waals surface area (Å²) in [5.41, 5.74) is 2.37. The number of halogens is 1. The predicted octanol–water partition coefficient (Wildman–Crippen LogP) is 7.34. The Morgan fingerprint density at radius 1 is 1.03 bits per heavy atom. The van der Waals surface area contributed by atoms with E-state index in [9.17, 15) is 9.90 Å². The van der Waals surface area contributed by atoms with Gasteiger partial charge in [-0.3, -0.25) is 0 Å². The second-order valence-electron chi connectivity index (χ2n) is 8.19. The Labute approximate surface area is 210 Å². The van der Waals surface area contributed by atoms with Crippen LogP contribution in [0, 0.1) is 0 Å². The molecule has 0 amide bonds. The first-order valence-electron chi connectivity index (χ1n) is 11.6. The summed E-state index contributed by atoms with van der Waals surface area (Å²) in [6.45, 7) is 2.64. The number of carbonyl (C=O) groups is 1. The van der Waals surface area contributed by atoms with Gasteiger partial charge in [0.2, 0.25) is 0 Å². The van der Waals surface area contributed by atoms with E-state index < -0.39 is 5.97 Å². The van der Waals surface area contributed by atoms with Gasteiger partial charge in [-0.1, -0.05) is 73.5 Å². The topological polar surface area (TPSA) is 64.3 Å². The van der Waals surface area contributed by atoms with Crippen LogP contribution in [0.3, 0.4) is 0 Å². The van der Waals surface area contributed by atoms with Crippen molar-refractivity contribution in [2.45, 2.75) is 32.7 Å². The average molecular weight is 487 g/mol. The average Bonchev–Trinajstić information content (AvgIpc) is 3.24. The molecule has 0 bridgehead atoms. The second kappa shape index (κ2) is 11.5. The number of hydrogen-bond donors (Lipinski definition) is 1. The van der Waals surface area contributed by atoms with E-state index in [0.717, 1.165) is 30.7 Å². The molecule has 1 aromatic heterocycles. The molecule has 0 aliphatic carbocycles. The van der Waals surface area contributed by atoms with E-state index in [1.807, 2.05) is 59.2 Å². The fourth-order valence-corrected chi connectivity index (χ4v) is 4.02. The van der Waals surface area contributed by atoms with Gasteiger partial charge in [0, 0.05) is 11.4 Å². The van der Waals surface area contributed by atoms with Crippen molar-refractivity contribution < 1.29 is 14.6 Å². The summed E-state index contributed by atoms with van der Waals surface area (Å²) < 4.78 is 7.96. The molecule has 4 rings (SSSR count). The molecule has 0 unspecified atom stereocenters. The van der Waals surface area contributed by atoms with Crippen molar-refractivity contribution in [3.05, 3.63) is 113 Å². The number of imidazole rings is 1. The minimum Gasteiger partial charge on any atom is -0.478 e. The Kier molecular flexibility index (Phi) is 8.01. The number of ether oxygens (including phenoxy) is 1.